The molecular formula is C85H105FN14O8S3. The molecule has 2 aliphatic carbocycles. The molecule has 7 N–H and O–H groups in total. The van der Waals surface area contributed by atoms with Gasteiger partial charge in [-0.15, -0.1) is 34.0 Å². The van der Waals surface area contributed by atoms with Gasteiger partial charge < -0.3 is 56.4 Å². The van der Waals surface area contributed by atoms with Gasteiger partial charge in [0.25, 0.3) is 0 Å². The highest BCUT2D eigenvalue weighted by Gasteiger charge is 2.45. The summed E-state index contributed by atoms with van der Waals surface area (Å²) in [5, 5.41) is 43.2. The number of carbonyl (C=O) groups excluding carboxylic acids is 6. The van der Waals surface area contributed by atoms with Gasteiger partial charge >= 0.3 is 0 Å². The van der Waals surface area contributed by atoms with Gasteiger partial charge in [-0.25, -0.2) is 19.3 Å². The lowest BCUT2D eigenvalue weighted by molar-refractivity contribution is -0.140. The molecule has 0 unspecified atom stereocenters. The summed E-state index contributed by atoms with van der Waals surface area (Å²) < 4.78 is 19.9. The number of thiazole rings is 3. The van der Waals surface area contributed by atoms with Crippen molar-refractivity contribution in [2.24, 2.45) is 17.8 Å². The molecule has 22 nitrogen and oxygen atoms in total. The molecule has 5 aromatic heterocycles. The quantitative estimate of drug-likeness (QED) is 0.0352. The molecular weight excluding hydrogens is 1460 g/mol. The van der Waals surface area contributed by atoms with Crippen LogP contribution in [0.25, 0.3) is 66.2 Å². The van der Waals surface area contributed by atoms with Crippen LogP contribution in [-0.2, 0) is 33.5 Å². The Bertz CT molecular complexity index is 4520. The van der Waals surface area contributed by atoms with Crippen LogP contribution < -0.4 is 31.9 Å². The fraction of sp³-hybridized carbons (Fsp3) is 0.494. The number of likely N-dealkylation sites (tertiary alicyclic amines) is 3. The number of carbonyl (C=O) groups is 6. The van der Waals surface area contributed by atoms with Gasteiger partial charge in [-0.1, -0.05) is 92.1 Å². The van der Waals surface area contributed by atoms with E-state index in [9.17, 15) is 38.3 Å². The number of nitrogens with zero attached hydrogens (tertiary/aromatic N) is 8. The Balaban J connectivity index is 0.000000146. The molecule has 9 aromatic rings. The molecule has 9 heterocycles. The van der Waals surface area contributed by atoms with E-state index >= 15 is 0 Å². The number of likely N-dealkylation sites (N-methyl/N-ethyl adjacent to an activating group) is 3. The van der Waals surface area contributed by atoms with Crippen molar-refractivity contribution in [3.63, 3.8) is 0 Å². The Hall–Kier alpha value is -8.60. The zero-order valence-electron chi connectivity index (χ0n) is 64.6. The van der Waals surface area contributed by atoms with Crippen LogP contribution in [0.4, 0.5) is 4.39 Å². The second kappa shape index (κ2) is 36.9. The van der Waals surface area contributed by atoms with Crippen molar-refractivity contribution in [3.8, 4) is 33.9 Å². The van der Waals surface area contributed by atoms with Gasteiger partial charge in [0, 0.05) is 94.9 Å². The van der Waals surface area contributed by atoms with E-state index in [1.807, 2.05) is 101 Å². The van der Waals surface area contributed by atoms with Crippen LogP contribution in [0.15, 0.2) is 126 Å². The highest BCUT2D eigenvalue weighted by molar-refractivity contribution is 7.10. The second-order valence-electron chi connectivity index (χ2n) is 30.9. The molecule has 588 valence electrons. The Kier molecular flexibility index (Phi) is 26.8. The fourth-order valence-corrected chi connectivity index (χ4v) is 19.6. The topological polar surface area (TPSA) is 278 Å². The van der Waals surface area contributed by atoms with E-state index in [0.717, 1.165) is 153 Å². The summed E-state index contributed by atoms with van der Waals surface area (Å²) in [6, 6.07) is 25.9. The zero-order chi connectivity index (χ0) is 77.9. The van der Waals surface area contributed by atoms with E-state index in [4.69, 9.17) is 19.7 Å². The summed E-state index contributed by atoms with van der Waals surface area (Å²) in [6.07, 6.45) is 20.3. The Labute approximate surface area is 661 Å². The van der Waals surface area contributed by atoms with Gasteiger partial charge in [0.05, 0.1) is 58.9 Å². The van der Waals surface area contributed by atoms with Crippen LogP contribution in [0.5, 0.6) is 0 Å². The van der Waals surface area contributed by atoms with E-state index in [-0.39, 0.29) is 89.2 Å². The Morgan fingerprint density at radius 2 is 0.919 bits per heavy atom. The van der Waals surface area contributed by atoms with E-state index < -0.39 is 29.8 Å². The minimum absolute atomic E-state index is 0.00960. The number of benzene rings is 4. The largest absolute Gasteiger partial charge is 0.390 e. The molecule has 15 rings (SSSR count). The monoisotopic (exact) mass is 1560 g/mol. The number of hydrogen-bond donors (Lipinski definition) is 7. The average Bonchev–Trinajstić information content (AvgIpc) is 1.73. The third kappa shape index (κ3) is 18.5. The number of fused-ring (bicyclic) bond motifs is 3. The van der Waals surface area contributed by atoms with Crippen molar-refractivity contribution in [2.45, 2.75) is 197 Å². The van der Waals surface area contributed by atoms with E-state index in [1.165, 1.54) is 23.8 Å². The Morgan fingerprint density at radius 3 is 1.43 bits per heavy atom. The number of nitrogens with one attached hydrogen (secondary N) is 6. The number of amides is 6. The first-order valence-electron chi connectivity index (χ1n) is 39.7. The molecule has 6 amide bonds. The molecule has 0 spiro atoms. The number of halogens is 1. The number of ether oxygens (including phenoxy) is 1. The van der Waals surface area contributed by atoms with Crippen molar-refractivity contribution < 1.29 is 43.0 Å². The van der Waals surface area contributed by atoms with Gasteiger partial charge in [0.15, 0.2) is 0 Å². The Morgan fingerprint density at radius 1 is 0.486 bits per heavy atom. The van der Waals surface area contributed by atoms with Crippen molar-refractivity contribution >= 4 is 102 Å². The maximum Gasteiger partial charge on any atom is 0.246 e. The SMILES string of the molecule is CN[C@@H](C)C(=O)N[C@H](C(=O)N1CCC[C@H]1c1nc(-c2ccc(F)c3ccccc23)cs1)C1CCC(C)(O)CC1.CN[C@@H](C)C(=O)N[C@H](C(=O)N1CCC[C@H]1c1nc(-c2cncc3ccccc23)cs1)C1CCOCC1.CN[C@@H](C)C(=O)N[C@H](C(=O)N1CCC[C@H]1c1nc(-c2nccc3ccccc23)cs1)C1CCCCC1. The van der Waals surface area contributed by atoms with Crippen LogP contribution in [0.1, 0.15) is 170 Å². The number of rotatable bonds is 21. The van der Waals surface area contributed by atoms with E-state index in [2.05, 4.69) is 76.9 Å². The first-order valence-corrected chi connectivity index (χ1v) is 42.3. The van der Waals surface area contributed by atoms with Crippen molar-refractivity contribution in [2.75, 3.05) is 54.0 Å². The van der Waals surface area contributed by atoms with Gasteiger partial charge in [-0.05, 0) is 191 Å². The standard InChI is InChI=1S/C30H37FN4O3S.C28H35N5O2S.C27H33N5O3S/c1-18(32-3)27(36)34-26(19-12-14-30(2,38)15-13-19)29(37)35-16-6-9-25(35)28-33-24(17-39-28)22-10-11-23(31)21-8-5-4-7-20(21)22;1-18(29-2)26(34)32-24(20-10-4-3-5-11-20)28(35)33-16-8-13-23(33)27-31-22(17-36-27)25-21-12-7-6-9-19(21)14-15-30-25;1-17(28-2)25(33)31-24(18-9-12-35-13-10-18)27(34)32-11-5-8-23(32)26-30-22(16-36-26)21-15-29-14-19-6-3-4-7-20(19)21/h4-5,7-8,10-11,17-19,25-26,32,38H,6,9,12-16H2,1-3H3,(H,34,36);6-7,9,12,14-15,17-18,20,23-24,29H,3-5,8,10-11,13,16H2,1-2H3,(H,32,34);3-4,6-7,14-18,23-24,28H,5,8-13H2,1-2H3,(H,31,33)/t18-,19?,25-,26-,30?;18-,23-,24-;17-,23-,24-/m000/s1. The third-order valence-electron chi connectivity index (χ3n) is 23.6. The number of aliphatic hydroxyl groups is 1. The smallest absolute Gasteiger partial charge is 0.246 e. The van der Waals surface area contributed by atoms with Crippen LogP contribution >= 0.6 is 34.0 Å². The second-order valence-corrected chi connectivity index (χ2v) is 33.6. The highest BCUT2D eigenvalue weighted by Crippen LogP contribution is 2.44. The third-order valence-corrected chi connectivity index (χ3v) is 26.5. The summed E-state index contributed by atoms with van der Waals surface area (Å²) in [5.41, 5.74) is 4.52. The summed E-state index contributed by atoms with van der Waals surface area (Å²) in [4.78, 5) is 110. The maximum atomic E-state index is 14.4. The lowest BCUT2D eigenvalue weighted by Gasteiger charge is -2.39. The van der Waals surface area contributed by atoms with Crippen molar-refractivity contribution in [3.05, 3.63) is 147 Å². The molecule has 6 aliphatic rings. The van der Waals surface area contributed by atoms with Gasteiger partial charge in [0.2, 0.25) is 35.4 Å². The molecule has 26 heteroatoms. The van der Waals surface area contributed by atoms with Gasteiger partial charge in [-0.2, -0.15) is 0 Å². The molecule has 111 heavy (non-hydrogen) atoms. The zero-order valence-corrected chi connectivity index (χ0v) is 67.0. The molecule has 4 saturated heterocycles. The van der Waals surface area contributed by atoms with Crippen LogP contribution in [0, 0.1) is 23.6 Å². The lowest BCUT2D eigenvalue weighted by atomic mass is 9.76. The summed E-state index contributed by atoms with van der Waals surface area (Å²) in [5.74, 6) is -0.569. The lowest BCUT2D eigenvalue weighted by Crippen LogP contribution is -2.56. The number of hydrogen-bond acceptors (Lipinski definition) is 19. The van der Waals surface area contributed by atoms with Gasteiger partial charge in [-0.3, -0.25) is 38.7 Å². The fourth-order valence-electron chi connectivity index (χ4n) is 16.7. The highest BCUT2D eigenvalue weighted by atomic mass is 32.1. The van der Waals surface area contributed by atoms with Crippen molar-refractivity contribution in [1.82, 2.24) is 71.5 Å². The normalized spacial score (nSPS) is 22.0. The number of aromatic nitrogens is 5. The van der Waals surface area contributed by atoms with Gasteiger partial charge in [0.1, 0.15) is 44.7 Å². The summed E-state index contributed by atoms with van der Waals surface area (Å²) >= 11 is 4.71. The van der Waals surface area contributed by atoms with Crippen LogP contribution in [-0.4, -0.2) is 176 Å². The predicted octanol–water partition coefficient (Wildman–Crippen LogP) is 13.0. The molecule has 0 radical (unpaired) electrons. The molecule has 2 saturated carbocycles. The molecule has 4 aliphatic heterocycles. The minimum atomic E-state index is -0.732. The first-order chi connectivity index (χ1) is 53.8. The van der Waals surface area contributed by atoms with E-state index in [1.54, 1.807) is 69.8 Å². The van der Waals surface area contributed by atoms with Crippen LogP contribution in [0.2, 0.25) is 0 Å². The minimum Gasteiger partial charge on any atom is -0.390 e. The molecule has 9 atom stereocenters. The predicted molar refractivity (Wildman–Crippen MR) is 436 cm³/mol. The average molecular weight is 1570 g/mol. The molecule has 4 aromatic carbocycles. The van der Waals surface area contributed by atoms with Crippen molar-refractivity contribution in [1.29, 1.82) is 0 Å². The van der Waals surface area contributed by atoms with Crippen LogP contribution in [0.3, 0.4) is 0 Å². The number of pyridine rings is 2. The molecule has 0 bridgehead atoms. The molecule has 6 fully saturated rings. The maximum absolute atomic E-state index is 14.4. The summed E-state index contributed by atoms with van der Waals surface area (Å²) in [6.45, 7) is 10.5. The van der Waals surface area contributed by atoms with E-state index in [0.29, 0.717) is 63.9 Å². The summed E-state index contributed by atoms with van der Waals surface area (Å²) in [7, 11) is 5.24. The first kappa shape index (κ1) is 80.4.